The second-order valence-corrected chi connectivity index (χ2v) is 5.22. The zero-order valence-corrected chi connectivity index (χ0v) is 12.6. The fourth-order valence-electron chi connectivity index (χ4n) is 2.07. The van der Waals surface area contributed by atoms with Crippen molar-refractivity contribution in [2.75, 3.05) is 44.7 Å². The van der Waals surface area contributed by atoms with E-state index in [0.29, 0.717) is 11.8 Å². The highest BCUT2D eigenvalue weighted by Crippen LogP contribution is 2.13. The maximum Gasteiger partial charge on any atom is 0.226 e. The lowest BCUT2D eigenvalue weighted by Gasteiger charge is -2.26. The van der Waals surface area contributed by atoms with Gasteiger partial charge in [-0.2, -0.15) is 4.98 Å². The van der Waals surface area contributed by atoms with Crippen molar-refractivity contribution in [3.63, 3.8) is 0 Å². The van der Waals surface area contributed by atoms with Crippen LogP contribution in [0.4, 0.5) is 5.95 Å². The summed E-state index contributed by atoms with van der Waals surface area (Å²) in [5, 5.41) is 3.26. The molecule has 6 nitrogen and oxygen atoms in total. The van der Waals surface area contributed by atoms with Gasteiger partial charge in [-0.25, -0.2) is 4.98 Å². The molecule has 1 fully saturated rings. The van der Waals surface area contributed by atoms with E-state index in [1.807, 2.05) is 26.8 Å². The van der Waals surface area contributed by atoms with E-state index in [9.17, 15) is 0 Å². The predicted octanol–water partition coefficient (Wildman–Crippen LogP) is 1.32. The van der Waals surface area contributed by atoms with Gasteiger partial charge in [0.05, 0.1) is 19.3 Å². The molecule has 0 amide bonds. The van der Waals surface area contributed by atoms with Gasteiger partial charge in [-0.05, 0) is 20.8 Å². The lowest BCUT2D eigenvalue weighted by Crippen LogP contribution is -2.39. The van der Waals surface area contributed by atoms with Crippen LogP contribution in [0.2, 0.25) is 0 Å². The van der Waals surface area contributed by atoms with Gasteiger partial charge in [-0.1, -0.05) is 0 Å². The Bertz CT molecular complexity index is 420. The highest BCUT2D eigenvalue weighted by atomic mass is 16.5. The Hall–Kier alpha value is -1.40. The maximum absolute atomic E-state index is 5.61. The Morgan fingerprint density at radius 2 is 2.10 bits per heavy atom. The molecule has 1 aromatic rings. The van der Waals surface area contributed by atoms with Gasteiger partial charge in [0.25, 0.3) is 0 Å². The third-order valence-electron chi connectivity index (χ3n) is 3.00. The minimum absolute atomic E-state index is 0.116. The van der Waals surface area contributed by atoms with Gasteiger partial charge in [0.2, 0.25) is 11.8 Å². The fourth-order valence-corrected chi connectivity index (χ4v) is 2.07. The first-order valence-corrected chi connectivity index (χ1v) is 7.20. The van der Waals surface area contributed by atoms with Crippen molar-refractivity contribution in [1.82, 2.24) is 14.9 Å². The van der Waals surface area contributed by atoms with Crippen molar-refractivity contribution in [3.8, 4) is 5.88 Å². The molecule has 0 unspecified atom stereocenters. The number of morpholine rings is 1. The lowest BCUT2D eigenvalue weighted by molar-refractivity contribution is 0.0398. The highest BCUT2D eigenvalue weighted by Gasteiger charge is 2.10. The molecule has 0 bridgehead atoms. The molecule has 1 aliphatic rings. The van der Waals surface area contributed by atoms with Crippen LogP contribution in [0.15, 0.2) is 6.07 Å². The van der Waals surface area contributed by atoms with Crippen molar-refractivity contribution in [3.05, 3.63) is 11.8 Å². The number of aromatic nitrogens is 2. The van der Waals surface area contributed by atoms with Crippen LogP contribution < -0.4 is 10.1 Å². The first-order chi connectivity index (χ1) is 9.63. The standard InChI is InChI=1S/C14H24N4O2/c1-11(2)20-13-10-12(3)16-14(17-13)15-4-5-18-6-8-19-9-7-18/h10-11H,4-9H2,1-3H3,(H,15,16,17). The Balaban J connectivity index is 1.83. The van der Waals surface area contributed by atoms with E-state index in [1.54, 1.807) is 0 Å². The van der Waals surface area contributed by atoms with Gasteiger partial charge in [-0.15, -0.1) is 0 Å². The molecule has 1 aromatic heterocycles. The van der Waals surface area contributed by atoms with Crippen molar-refractivity contribution >= 4 is 5.95 Å². The lowest BCUT2D eigenvalue weighted by atomic mass is 10.4. The third-order valence-corrected chi connectivity index (χ3v) is 3.00. The van der Waals surface area contributed by atoms with Crippen LogP contribution in [-0.4, -0.2) is 60.4 Å². The van der Waals surface area contributed by atoms with Crippen LogP contribution >= 0.6 is 0 Å². The summed E-state index contributed by atoms with van der Waals surface area (Å²) in [5.41, 5.74) is 0.907. The van der Waals surface area contributed by atoms with Crippen LogP contribution in [-0.2, 0) is 4.74 Å². The number of nitrogens with one attached hydrogen (secondary N) is 1. The number of anilines is 1. The molecule has 0 atom stereocenters. The van der Waals surface area contributed by atoms with Gasteiger partial charge in [-0.3, -0.25) is 4.90 Å². The fraction of sp³-hybridized carbons (Fsp3) is 0.714. The molecule has 6 heteroatoms. The minimum atomic E-state index is 0.116. The molecule has 2 heterocycles. The van der Waals surface area contributed by atoms with Gasteiger partial charge < -0.3 is 14.8 Å². The van der Waals surface area contributed by atoms with E-state index in [2.05, 4.69) is 20.2 Å². The molecule has 0 spiro atoms. The van der Waals surface area contributed by atoms with Crippen LogP contribution in [0.1, 0.15) is 19.5 Å². The van der Waals surface area contributed by atoms with E-state index in [0.717, 1.165) is 45.1 Å². The normalized spacial score (nSPS) is 16.4. The summed E-state index contributed by atoms with van der Waals surface area (Å²) in [6.07, 6.45) is 0.116. The third kappa shape index (κ3) is 4.94. The van der Waals surface area contributed by atoms with Crippen LogP contribution in [0, 0.1) is 6.92 Å². The van der Waals surface area contributed by atoms with Gasteiger partial charge in [0.15, 0.2) is 0 Å². The first-order valence-electron chi connectivity index (χ1n) is 7.20. The molecule has 0 radical (unpaired) electrons. The van der Waals surface area contributed by atoms with E-state index < -0.39 is 0 Å². The average molecular weight is 280 g/mol. The summed E-state index contributed by atoms with van der Waals surface area (Å²) in [6, 6.07) is 1.85. The monoisotopic (exact) mass is 280 g/mol. The average Bonchev–Trinajstić information content (AvgIpc) is 2.38. The summed E-state index contributed by atoms with van der Waals surface area (Å²) >= 11 is 0. The van der Waals surface area contributed by atoms with Crippen molar-refractivity contribution in [2.24, 2.45) is 0 Å². The number of hydrogen-bond acceptors (Lipinski definition) is 6. The number of rotatable bonds is 6. The summed E-state index contributed by atoms with van der Waals surface area (Å²) in [6.45, 7) is 11.4. The summed E-state index contributed by atoms with van der Waals surface area (Å²) in [5.74, 6) is 1.26. The molecule has 1 saturated heterocycles. The number of hydrogen-bond donors (Lipinski definition) is 1. The predicted molar refractivity (Wildman–Crippen MR) is 78.3 cm³/mol. The Labute approximate surface area is 120 Å². The van der Waals surface area contributed by atoms with Crippen LogP contribution in [0.25, 0.3) is 0 Å². The van der Waals surface area contributed by atoms with Crippen molar-refractivity contribution in [1.29, 1.82) is 0 Å². The molecule has 0 aliphatic carbocycles. The van der Waals surface area contributed by atoms with Gasteiger partial charge in [0.1, 0.15) is 0 Å². The molecule has 0 aromatic carbocycles. The van der Waals surface area contributed by atoms with Gasteiger partial charge >= 0.3 is 0 Å². The zero-order chi connectivity index (χ0) is 14.4. The molecule has 0 saturated carbocycles. The largest absolute Gasteiger partial charge is 0.475 e. The molecule has 2 rings (SSSR count). The number of ether oxygens (including phenoxy) is 2. The Morgan fingerprint density at radius 3 is 2.80 bits per heavy atom. The smallest absolute Gasteiger partial charge is 0.226 e. The Morgan fingerprint density at radius 1 is 1.35 bits per heavy atom. The molecular weight excluding hydrogens is 256 g/mol. The maximum atomic E-state index is 5.61. The molecule has 1 N–H and O–H groups in total. The highest BCUT2D eigenvalue weighted by molar-refractivity contribution is 5.30. The molecule has 20 heavy (non-hydrogen) atoms. The first kappa shape index (κ1) is 15.0. The van der Waals surface area contributed by atoms with Crippen molar-refractivity contribution < 1.29 is 9.47 Å². The van der Waals surface area contributed by atoms with Gasteiger partial charge in [0, 0.05) is 37.9 Å². The van der Waals surface area contributed by atoms with Crippen molar-refractivity contribution in [2.45, 2.75) is 26.9 Å². The summed E-state index contributed by atoms with van der Waals surface area (Å²) in [4.78, 5) is 11.1. The quantitative estimate of drug-likeness (QED) is 0.848. The number of nitrogens with zero attached hydrogens (tertiary/aromatic N) is 3. The molecule has 1 aliphatic heterocycles. The van der Waals surface area contributed by atoms with E-state index >= 15 is 0 Å². The Kier molecular flexibility index (Phi) is 5.55. The van der Waals surface area contributed by atoms with Crippen LogP contribution in [0.3, 0.4) is 0 Å². The second-order valence-electron chi connectivity index (χ2n) is 5.22. The SMILES string of the molecule is Cc1cc(OC(C)C)nc(NCCN2CCOCC2)n1. The molecule has 112 valence electrons. The van der Waals surface area contributed by atoms with Crippen LogP contribution in [0.5, 0.6) is 5.88 Å². The summed E-state index contributed by atoms with van der Waals surface area (Å²) in [7, 11) is 0. The second kappa shape index (κ2) is 7.40. The van der Waals surface area contributed by atoms with E-state index in [1.165, 1.54) is 0 Å². The van der Waals surface area contributed by atoms with E-state index in [4.69, 9.17) is 9.47 Å². The topological polar surface area (TPSA) is 59.5 Å². The molecular formula is C14H24N4O2. The summed E-state index contributed by atoms with van der Waals surface area (Å²) < 4.78 is 10.9. The zero-order valence-electron chi connectivity index (χ0n) is 12.6. The number of aryl methyl sites for hydroxylation is 1. The van der Waals surface area contributed by atoms with E-state index in [-0.39, 0.29) is 6.10 Å². The minimum Gasteiger partial charge on any atom is -0.475 e.